The average Bonchev–Trinajstić information content (AvgIpc) is 3.17. The van der Waals surface area contributed by atoms with Crippen molar-refractivity contribution in [2.45, 2.75) is 18.8 Å². The van der Waals surface area contributed by atoms with Crippen LogP contribution in [-0.2, 0) is 15.0 Å². The number of amides is 1. The fourth-order valence-corrected chi connectivity index (χ4v) is 4.16. The molecule has 2 aromatic rings. The normalized spacial score (nSPS) is 19.6. The highest BCUT2D eigenvalue weighted by atomic mass is 35.5. The second kappa shape index (κ2) is 5.18. The summed E-state index contributed by atoms with van der Waals surface area (Å²) in [6, 6.07) is 4.57. The predicted molar refractivity (Wildman–Crippen MR) is 85.4 cm³/mol. The molecule has 0 spiro atoms. The van der Waals surface area contributed by atoms with Crippen molar-refractivity contribution in [3.8, 4) is 11.3 Å². The average molecular weight is 371 g/mol. The van der Waals surface area contributed by atoms with Crippen LogP contribution in [0.3, 0.4) is 0 Å². The molecule has 0 radical (unpaired) electrons. The second-order valence-electron chi connectivity index (χ2n) is 5.78. The van der Waals surface area contributed by atoms with Gasteiger partial charge in [-0.3, -0.25) is 9.89 Å². The maximum atomic E-state index is 15.0. The Bertz CT molecular complexity index is 955. The molecule has 7 nitrogen and oxygen atoms in total. The fraction of sp³-hybridized carbons (Fsp3) is 0.286. The summed E-state index contributed by atoms with van der Waals surface area (Å²) in [6.07, 6.45) is 2.13. The van der Waals surface area contributed by atoms with E-state index in [0.717, 1.165) is 18.5 Å². The Morgan fingerprint density at radius 3 is 2.71 bits per heavy atom. The van der Waals surface area contributed by atoms with Crippen LogP contribution >= 0.6 is 11.6 Å². The highest BCUT2D eigenvalue weighted by Gasteiger charge is 2.37. The minimum Gasteiger partial charge on any atom is -0.282 e. The van der Waals surface area contributed by atoms with Gasteiger partial charge in [0.25, 0.3) is 5.91 Å². The van der Waals surface area contributed by atoms with Gasteiger partial charge in [0.15, 0.2) is 5.82 Å². The van der Waals surface area contributed by atoms with Gasteiger partial charge in [0, 0.05) is 17.2 Å². The number of benzene rings is 1. The van der Waals surface area contributed by atoms with Crippen LogP contribution in [0.2, 0.25) is 5.02 Å². The van der Waals surface area contributed by atoms with Gasteiger partial charge >= 0.3 is 10.2 Å². The molecular weight excluding hydrogens is 359 g/mol. The predicted octanol–water partition coefficient (Wildman–Crippen LogP) is 1.93. The number of nitrogens with one attached hydrogen (secondary N) is 2. The van der Waals surface area contributed by atoms with Crippen LogP contribution < -0.4 is 9.03 Å². The van der Waals surface area contributed by atoms with E-state index in [2.05, 4.69) is 10.2 Å². The summed E-state index contributed by atoms with van der Waals surface area (Å²) in [5.41, 5.74) is 1.05. The van der Waals surface area contributed by atoms with Crippen molar-refractivity contribution in [3.63, 3.8) is 0 Å². The number of anilines is 1. The Balaban J connectivity index is 1.82. The first kappa shape index (κ1) is 15.4. The number of carbonyl (C=O) groups excluding carboxylic acids is 1. The Hall–Kier alpha value is -2.13. The molecule has 0 atom stereocenters. The van der Waals surface area contributed by atoms with Crippen molar-refractivity contribution in [1.82, 2.24) is 14.9 Å². The molecule has 1 aromatic carbocycles. The summed E-state index contributed by atoms with van der Waals surface area (Å²) in [4.78, 5) is 11.4. The molecule has 1 aliphatic heterocycles. The van der Waals surface area contributed by atoms with Crippen molar-refractivity contribution in [3.05, 3.63) is 34.7 Å². The standard InChI is InChI=1S/C14H12ClFN4O3S/c15-9-4-3-8(11-5-10(17-18-11)7-1-2-7)13(16)14(9)20-6-12(21)19-24(20,22)23/h3-5,7H,1-2,6H2,(H,17,18)(H,19,21). The highest BCUT2D eigenvalue weighted by Crippen LogP contribution is 2.41. The lowest BCUT2D eigenvalue weighted by molar-refractivity contribution is -0.117. The Morgan fingerprint density at radius 2 is 2.08 bits per heavy atom. The molecule has 2 fully saturated rings. The Labute approximate surface area is 142 Å². The number of rotatable bonds is 3. The number of nitrogens with zero attached hydrogens (tertiary/aromatic N) is 2. The lowest BCUT2D eigenvalue weighted by Gasteiger charge is -2.18. The monoisotopic (exact) mass is 370 g/mol. The largest absolute Gasteiger partial charge is 0.326 e. The molecule has 0 bridgehead atoms. The van der Waals surface area contributed by atoms with Crippen molar-refractivity contribution in [1.29, 1.82) is 0 Å². The first-order valence-electron chi connectivity index (χ1n) is 7.24. The van der Waals surface area contributed by atoms with E-state index in [9.17, 15) is 17.6 Å². The van der Waals surface area contributed by atoms with Crippen LogP contribution in [0.5, 0.6) is 0 Å². The number of H-pyrrole nitrogens is 1. The molecule has 1 aliphatic carbocycles. The van der Waals surface area contributed by atoms with Gasteiger partial charge in [-0.15, -0.1) is 0 Å². The summed E-state index contributed by atoms with van der Waals surface area (Å²) in [7, 11) is -4.15. The summed E-state index contributed by atoms with van der Waals surface area (Å²) < 4.78 is 41.4. The third-order valence-corrected chi connectivity index (χ3v) is 5.71. The van der Waals surface area contributed by atoms with E-state index in [-0.39, 0.29) is 16.3 Å². The van der Waals surface area contributed by atoms with Crippen molar-refractivity contribution in [2.75, 3.05) is 10.8 Å². The third-order valence-electron chi connectivity index (χ3n) is 4.03. The van der Waals surface area contributed by atoms with Crippen LogP contribution in [0.1, 0.15) is 24.5 Å². The van der Waals surface area contributed by atoms with Gasteiger partial charge in [0.05, 0.1) is 10.7 Å². The fourth-order valence-electron chi connectivity index (χ4n) is 2.69. The quantitative estimate of drug-likeness (QED) is 0.863. The zero-order chi connectivity index (χ0) is 17.1. The molecule has 1 amide bonds. The lowest BCUT2D eigenvalue weighted by atomic mass is 10.1. The Kier molecular flexibility index (Phi) is 3.33. The lowest BCUT2D eigenvalue weighted by Crippen LogP contribution is -2.30. The van der Waals surface area contributed by atoms with E-state index < -0.39 is 28.5 Å². The zero-order valence-corrected chi connectivity index (χ0v) is 13.8. The van der Waals surface area contributed by atoms with Crippen LogP contribution in [0, 0.1) is 5.82 Å². The first-order valence-corrected chi connectivity index (χ1v) is 9.05. The summed E-state index contributed by atoms with van der Waals surface area (Å²) in [5, 5.41) is 6.87. The van der Waals surface area contributed by atoms with Gasteiger partial charge in [-0.1, -0.05) is 11.6 Å². The van der Waals surface area contributed by atoms with Gasteiger partial charge in [-0.25, -0.2) is 13.4 Å². The summed E-state index contributed by atoms with van der Waals surface area (Å²) >= 11 is 6.00. The number of carbonyl (C=O) groups is 1. The zero-order valence-electron chi connectivity index (χ0n) is 12.2. The first-order chi connectivity index (χ1) is 11.4. The SMILES string of the molecule is O=C1CN(c2c(Cl)ccc(-c3cc(C4CC4)[nH]n3)c2F)S(=O)(=O)N1. The van der Waals surface area contributed by atoms with E-state index in [1.807, 2.05) is 0 Å². The van der Waals surface area contributed by atoms with E-state index in [4.69, 9.17) is 11.6 Å². The van der Waals surface area contributed by atoms with Crippen LogP contribution in [0.25, 0.3) is 11.3 Å². The molecule has 0 unspecified atom stereocenters. The van der Waals surface area contributed by atoms with E-state index in [1.165, 1.54) is 12.1 Å². The molecule has 1 aromatic heterocycles. The van der Waals surface area contributed by atoms with Crippen molar-refractivity contribution < 1.29 is 17.6 Å². The highest BCUT2D eigenvalue weighted by molar-refractivity contribution is 7.92. The topological polar surface area (TPSA) is 95.2 Å². The molecule has 2 heterocycles. The molecule has 2 aliphatic rings. The minimum atomic E-state index is -4.15. The third kappa shape index (κ3) is 2.44. The molecule has 1 saturated heterocycles. The van der Waals surface area contributed by atoms with Crippen LogP contribution in [-0.4, -0.2) is 31.1 Å². The van der Waals surface area contributed by atoms with Gasteiger partial charge in [0.1, 0.15) is 12.2 Å². The number of hydrogen-bond acceptors (Lipinski definition) is 4. The van der Waals surface area contributed by atoms with E-state index >= 15 is 0 Å². The molecule has 24 heavy (non-hydrogen) atoms. The molecule has 126 valence electrons. The number of hydrogen-bond donors (Lipinski definition) is 2. The number of aromatic nitrogens is 2. The minimum absolute atomic E-state index is 0.103. The van der Waals surface area contributed by atoms with Crippen molar-refractivity contribution >= 4 is 33.4 Å². The maximum Gasteiger partial charge on any atom is 0.326 e. The summed E-state index contributed by atoms with van der Waals surface area (Å²) in [5.74, 6) is -1.16. The number of aromatic amines is 1. The smallest absolute Gasteiger partial charge is 0.282 e. The molecule has 4 rings (SSSR count). The van der Waals surface area contributed by atoms with Gasteiger partial charge < -0.3 is 0 Å². The van der Waals surface area contributed by atoms with Crippen molar-refractivity contribution in [2.24, 2.45) is 0 Å². The molecular formula is C14H12ClFN4O3S. The van der Waals surface area contributed by atoms with Crippen LogP contribution in [0.15, 0.2) is 18.2 Å². The molecule has 1 saturated carbocycles. The van der Waals surface area contributed by atoms with Gasteiger partial charge in [0.2, 0.25) is 0 Å². The Morgan fingerprint density at radius 1 is 1.33 bits per heavy atom. The maximum absolute atomic E-state index is 15.0. The van der Waals surface area contributed by atoms with Crippen LogP contribution in [0.4, 0.5) is 10.1 Å². The van der Waals surface area contributed by atoms with E-state index in [1.54, 1.807) is 10.8 Å². The molecule has 2 N–H and O–H groups in total. The van der Waals surface area contributed by atoms with Gasteiger partial charge in [-0.05, 0) is 31.0 Å². The van der Waals surface area contributed by atoms with Gasteiger partial charge in [-0.2, -0.15) is 13.5 Å². The number of halogens is 2. The second-order valence-corrected chi connectivity index (χ2v) is 7.78. The summed E-state index contributed by atoms with van der Waals surface area (Å²) in [6.45, 7) is -0.518. The van der Waals surface area contributed by atoms with E-state index in [0.29, 0.717) is 15.9 Å². The molecule has 10 heteroatoms.